The predicted molar refractivity (Wildman–Crippen MR) is 156 cm³/mol. The van der Waals surface area contributed by atoms with Gasteiger partial charge in [0.05, 0.1) is 27.8 Å². The van der Waals surface area contributed by atoms with E-state index in [4.69, 9.17) is 4.74 Å². The van der Waals surface area contributed by atoms with Crippen molar-refractivity contribution >= 4 is 29.3 Å². The van der Waals surface area contributed by atoms with Crippen molar-refractivity contribution in [2.75, 3.05) is 24.5 Å². The van der Waals surface area contributed by atoms with Crippen molar-refractivity contribution in [3.05, 3.63) is 98.0 Å². The minimum Gasteiger partial charge on any atom is -0.444 e. The summed E-state index contributed by atoms with van der Waals surface area (Å²) in [5, 5.41) is 13.7. The van der Waals surface area contributed by atoms with Gasteiger partial charge in [-0.15, -0.1) is 0 Å². The maximum absolute atomic E-state index is 13.3. The Morgan fingerprint density at radius 1 is 1.00 bits per heavy atom. The highest BCUT2D eigenvalue weighted by atomic mass is 19.4. The molecule has 3 amide bonds. The van der Waals surface area contributed by atoms with Crippen molar-refractivity contribution in [3.63, 3.8) is 0 Å². The molecule has 1 aliphatic heterocycles. The number of halogens is 3. The normalized spacial score (nSPS) is 14.6. The Labute approximate surface area is 255 Å². The number of anilines is 1. The van der Waals surface area contributed by atoms with Crippen LogP contribution >= 0.6 is 0 Å². The summed E-state index contributed by atoms with van der Waals surface area (Å²) in [7, 11) is 0. The summed E-state index contributed by atoms with van der Waals surface area (Å²) in [4.78, 5) is 64.2. The fourth-order valence-corrected chi connectivity index (χ4v) is 4.58. The summed E-state index contributed by atoms with van der Waals surface area (Å²) in [5.41, 5.74) is -2.63. The predicted octanol–water partition coefficient (Wildman–Crippen LogP) is 4.84. The number of aromatic nitrogens is 1. The largest absolute Gasteiger partial charge is 0.444 e. The molecule has 2 aromatic carbocycles. The summed E-state index contributed by atoms with van der Waals surface area (Å²) in [6.45, 7) is 6.72. The molecule has 2 heterocycles. The molecule has 238 valence electrons. The lowest BCUT2D eigenvalue weighted by Gasteiger charge is -2.35. The number of benzene rings is 2. The molecule has 45 heavy (non-hydrogen) atoms. The van der Waals surface area contributed by atoms with Crippen molar-refractivity contribution in [1.82, 2.24) is 14.8 Å². The van der Waals surface area contributed by atoms with Crippen molar-refractivity contribution < 1.29 is 37.2 Å². The average molecular weight is 630 g/mol. The number of carbonyl (C=O) groups excluding carboxylic acids is 3. The van der Waals surface area contributed by atoms with E-state index in [-0.39, 0.29) is 36.7 Å². The van der Waals surface area contributed by atoms with Gasteiger partial charge in [-0.2, -0.15) is 13.2 Å². The van der Waals surface area contributed by atoms with Crippen LogP contribution in [0.15, 0.2) is 65.6 Å². The summed E-state index contributed by atoms with van der Waals surface area (Å²) >= 11 is 0. The van der Waals surface area contributed by atoms with Gasteiger partial charge in [-0.3, -0.25) is 34.0 Å². The van der Waals surface area contributed by atoms with Gasteiger partial charge in [0.2, 0.25) is 5.91 Å². The number of piperazine rings is 1. The Bertz CT molecular complexity index is 1710. The minimum atomic E-state index is -4.84. The zero-order valence-electron chi connectivity index (χ0n) is 24.8. The lowest BCUT2D eigenvalue weighted by molar-refractivity contribution is -0.385. The van der Waals surface area contributed by atoms with Crippen molar-refractivity contribution in [3.8, 4) is 5.69 Å². The van der Waals surface area contributed by atoms with Gasteiger partial charge in [-0.25, -0.2) is 4.79 Å². The van der Waals surface area contributed by atoms with Crippen molar-refractivity contribution in [2.45, 2.75) is 45.5 Å². The first-order valence-electron chi connectivity index (χ1n) is 13.7. The monoisotopic (exact) mass is 629 g/mol. The number of hydrogen-bond acceptors (Lipinski definition) is 7. The smallest absolute Gasteiger partial charge is 0.416 e. The number of non-ortho nitro benzene ring substituents is 1. The van der Waals surface area contributed by atoms with Crippen LogP contribution in [0.2, 0.25) is 0 Å². The number of nitro benzene ring substituents is 1. The third-order valence-electron chi connectivity index (χ3n) is 6.79. The van der Waals surface area contributed by atoms with E-state index in [9.17, 15) is 42.5 Å². The third kappa shape index (κ3) is 7.85. The van der Waals surface area contributed by atoms with Gasteiger partial charge in [0.15, 0.2) is 0 Å². The molecule has 1 aromatic heterocycles. The fraction of sp³-hybridized carbons (Fsp3) is 0.333. The van der Waals surface area contributed by atoms with Crippen LogP contribution in [0.5, 0.6) is 0 Å². The first kappa shape index (κ1) is 32.7. The Hall–Kier alpha value is -5.21. The van der Waals surface area contributed by atoms with E-state index in [1.165, 1.54) is 33.6 Å². The molecule has 0 saturated carbocycles. The Morgan fingerprint density at radius 3 is 2.31 bits per heavy atom. The molecule has 1 N–H and O–H groups in total. The second-order valence-electron chi connectivity index (χ2n) is 11.4. The lowest BCUT2D eigenvalue weighted by atomic mass is 10.0. The quantitative estimate of drug-likeness (QED) is 0.304. The molecule has 3 aromatic rings. The molecule has 12 nitrogen and oxygen atoms in total. The molecule has 0 bridgehead atoms. The van der Waals surface area contributed by atoms with Gasteiger partial charge in [-0.1, -0.05) is 6.07 Å². The van der Waals surface area contributed by atoms with Gasteiger partial charge in [0.1, 0.15) is 12.1 Å². The second kappa shape index (κ2) is 12.4. The van der Waals surface area contributed by atoms with Crippen LogP contribution in [0, 0.1) is 10.1 Å². The van der Waals surface area contributed by atoms with Gasteiger partial charge in [-0.05, 0) is 63.6 Å². The maximum Gasteiger partial charge on any atom is 0.416 e. The number of carbonyl (C=O) groups is 3. The van der Waals surface area contributed by atoms with Crippen LogP contribution in [-0.4, -0.2) is 57.5 Å². The average Bonchev–Trinajstić information content (AvgIpc) is 2.95. The number of nitrogens with zero attached hydrogens (tertiary/aromatic N) is 4. The number of rotatable bonds is 6. The maximum atomic E-state index is 13.3. The molecule has 0 radical (unpaired) electrons. The van der Waals surface area contributed by atoms with Crippen LogP contribution in [0.3, 0.4) is 0 Å². The topological polar surface area (TPSA) is 144 Å². The number of nitro groups is 1. The van der Waals surface area contributed by atoms with Crippen LogP contribution in [0.4, 0.5) is 29.3 Å². The molecule has 1 saturated heterocycles. The number of alkyl halides is 3. The van der Waals surface area contributed by atoms with Crippen LogP contribution in [0.1, 0.15) is 55.2 Å². The minimum absolute atomic E-state index is 0.0182. The Kier molecular flexibility index (Phi) is 9.02. The number of nitrogens with one attached hydrogen (secondary N) is 1. The molecular formula is C30H30F3N5O7. The zero-order chi connectivity index (χ0) is 33.3. The molecule has 0 spiro atoms. The Balaban J connectivity index is 1.54. The number of ether oxygens (including phenoxy) is 1. The summed E-state index contributed by atoms with van der Waals surface area (Å²) < 4.78 is 46.5. The molecule has 1 fully saturated rings. The van der Waals surface area contributed by atoms with Crippen LogP contribution in [0.25, 0.3) is 5.69 Å². The third-order valence-corrected chi connectivity index (χ3v) is 6.79. The van der Waals surface area contributed by atoms with Gasteiger partial charge < -0.3 is 15.0 Å². The number of hydrogen-bond donors (Lipinski definition) is 1. The summed E-state index contributed by atoms with van der Waals surface area (Å²) in [5.74, 6) is -1.12. The molecule has 1 aliphatic rings. The SMILES string of the molecule is CC(NC(=O)c1ccc(=O)n(-c2cccc(N3CCN(C(=O)OC(C)(C)C)CC3=O)c2)c1)c1cc([N+](=O)[O-])cc(C(F)(F)F)c1. The number of amides is 3. The highest BCUT2D eigenvalue weighted by molar-refractivity contribution is 5.97. The standard InChI is InChI=1S/C30H30F3N5O7/c1-18(20-12-21(30(31,32)33)14-24(13-20)38(43)44)34-27(41)19-8-9-25(39)37(16-19)23-7-5-6-22(15-23)36-11-10-35(17-26(36)40)28(42)45-29(2,3)4/h5-9,12-16,18H,10-11,17H2,1-4H3,(H,34,41). The van der Waals surface area contributed by atoms with E-state index in [2.05, 4.69) is 5.32 Å². The van der Waals surface area contributed by atoms with Gasteiger partial charge in [0.25, 0.3) is 17.2 Å². The summed E-state index contributed by atoms with van der Waals surface area (Å²) in [6.07, 6.45) is -4.21. The molecule has 1 unspecified atom stereocenters. The fourth-order valence-electron chi connectivity index (χ4n) is 4.58. The Morgan fingerprint density at radius 2 is 1.69 bits per heavy atom. The second-order valence-corrected chi connectivity index (χ2v) is 11.4. The molecule has 15 heteroatoms. The van der Waals surface area contributed by atoms with E-state index in [1.54, 1.807) is 45.0 Å². The summed E-state index contributed by atoms with van der Waals surface area (Å²) in [6, 6.07) is 9.80. The highest BCUT2D eigenvalue weighted by Gasteiger charge is 2.34. The molecule has 1 atom stereocenters. The van der Waals surface area contributed by atoms with Crippen molar-refractivity contribution in [1.29, 1.82) is 0 Å². The number of pyridine rings is 1. The van der Waals surface area contributed by atoms with Gasteiger partial charge in [0, 0.05) is 43.2 Å². The van der Waals surface area contributed by atoms with Crippen LogP contribution in [-0.2, 0) is 15.7 Å². The van der Waals surface area contributed by atoms with E-state index in [0.29, 0.717) is 17.4 Å². The van der Waals surface area contributed by atoms with Crippen LogP contribution < -0.4 is 15.8 Å². The van der Waals surface area contributed by atoms with E-state index < -0.39 is 51.6 Å². The highest BCUT2D eigenvalue weighted by Crippen LogP contribution is 2.34. The van der Waals surface area contributed by atoms with Crippen molar-refractivity contribution in [2.24, 2.45) is 0 Å². The zero-order valence-corrected chi connectivity index (χ0v) is 24.8. The lowest BCUT2D eigenvalue weighted by Crippen LogP contribution is -2.53. The first-order chi connectivity index (χ1) is 20.9. The van der Waals surface area contributed by atoms with E-state index in [0.717, 1.165) is 18.2 Å². The molecular weight excluding hydrogens is 599 g/mol. The molecule has 0 aliphatic carbocycles. The molecule has 4 rings (SSSR count). The van der Waals surface area contributed by atoms with Gasteiger partial charge >= 0.3 is 12.3 Å². The van der Waals surface area contributed by atoms with E-state index >= 15 is 0 Å². The first-order valence-corrected chi connectivity index (χ1v) is 13.7. The van der Waals surface area contributed by atoms with E-state index in [1.807, 2.05) is 0 Å².